The Hall–Kier alpha value is -1.61. The van der Waals surface area contributed by atoms with Crippen LogP contribution >= 0.6 is 11.6 Å². The largest absolute Gasteiger partial charge is 0.294 e. The van der Waals surface area contributed by atoms with Crippen molar-refractivity contribution in [3.8, 4) is 0 Å². The Bertz CT molecular complexity index is 575. The number of benzene rings is 1. The molecule has 1 aromatic heterocycles. The second kappa shape index (κ2) is 5.36. The number of Topliss-reactive ketones (excluding diaryl/α,β-unsaturated/α-hetero) is 1. The van der Waals surface area contributed by atoms with Gasteiger partial charge in [-0.3, -0.25) is 9.48 Å². The van der Waals surface area contributed by atoms with Crippen molar-refractivity contribution in [3.05, 3.63) is 52.3 Å². The van der Waals surface area contributed by atoms with E-state index in [0.29, 0.717) is 17.9 Å². The van der Waals surface area contributed by atoms with Gasteiger partial charge in [-0.25, -0.2) is 0 Å². The monoisotopic (exact) mass is 262 g/mol. The molecule has 0 aliphatic rings. The van der Waals surface area contributed by atoms with Crippen molar-refractivity contribution in [3.63, 3.8) is 0 Å². The molecule has 0 N–H and O–H groups in total. The summed E-state index contributed by atoms with van der Waals surface area (Å²) in [4.78, 5) is 12.0. The highest BCUT2D eigenvalue weighted by molar-refractivity contribution is 6.31. The van der Waals surface area contributed by atoms with Gasteiger partial charge in [0, 0.05) is 35.9 Å². The Morgan fingerprint density at radius 2 is 2.17 bits per heavy atom. The van der Waals surface area contributed by atoms with Crippen LogP contribution in [-0.4, -0.2) is 15.6 Å². The lowest BCUT2D eigenvalue weighted by molar-refractivity contribution is 0.0982. The summed E-state index contributed by atoms with van der Waals surface area (Å²) in [6.07, 6.45) is 2.93. The summed E-state index contributed by atoms with van der Waals surface area (Å²) in [6.45, 7) is 1.90. The first-order chi connectivity index (χ1) is 8.58. The average molecular weight is 263 g/mol. The van der Waals surface area contributed by atoms with Gasteiger partial charge < -0.3 is 0 Å². The smallest absolute Gasteiger partial charge is 0.163 e. The molecule has 18 heavy (non-hydrogen) atoms. The van der Waals surface area contributed by atoms with Crippen molar-refractivity contribution < 1.29 is 4.79 Å². The molecule has 0 aliphatic carbocycles. The van der Waals surface area contributed by atoms with Crippen molar-refractivity contribution in [2.75, 3.05) is 0 Å². The number of nitrogens with zero attached hydrogens (tertiary/aromatic N) is 2. The Balaban J connectivity index is 2.04. The molecule has 0 saturated heterocycles. The van der Waals surface area contributed by atoms with Crippen LogP contribution in [0, 0.1) is 6.92 Å². The van der Waals surface area contributed by atoms with Crippen molar-refractivity contribution in [2.45, 2.75) is 19.8 Å². The van der Waals surface area contributed by atoms with Crippen LogP contribution in [0.3, 0.4) is 0 Å². The molecule has 1 aromatic carbocycles. The van der Waals surface area contributed by atoms with Crippen LogP contribution in [0.5, 0.6) is 0 Å². The van der Waals surface area contributed by atoms with E-state index in [-0.39, 0.29) is 5.78 Å². The topological polar surface area (TPSA) is 34.9 Å². The summed E-state index contributed by atoms with van der Waals surface area (Å²) in [5.41, 5.74) is 2.72. The molecule has 3 nitrogen and oxygen atoms in total. The van der Waals surface area contributed by atoms with Crippen molar-refractivity contribution in [2.24, 2.45) is 7.05 Å². The molecule has 0 bridgehead atoms. The van der Waals surface area contributed by atoms with E-state index in [1.165, 1.54) is 0 Å². The van der Waals surface area contributed by atoms with Crippen LogP contribution in [0.15, 0.2) is 30.5 Å². The van der Waals surface area contributed by atoms with Gasteiger partial charge in [-0.2, -0.15) is 5.10 Å². The van der Waals surface area contributed by atoms with Gasteiger partial charge in [-0.05, 0) is 43.2 Å². The highest BCUT2D eigenvalue weighted by Gasteiger charge is 2.09. The van der Waals surface area contributed by atoms with Crippen LogP contribution < -0.4 is 0 Å². The van der Waals surface area contributed by atoms with E-state index >= 15 is 0 Å². The molecule has 0 fully saturated rings. The third-order valence-corrected chi connectivity index (χ3v) is 3.43. The zero-order valence-electron chi connectivity index (χ0n) is 10.5. The number of halogens is 1. The van der Waals surface area contributed by atoms with Gasteiger partial charge in [0.1, 0.15) is 0 Å². The fourth-order valence-electron chi connectivity index (χ4n) is 1.85. The third kappa shape index (κ3) is 2.79. The Kier molecular flexibility index (Phi) is 3.82. The third-order valence-electron chi connectivity index (χ3n) is 3.01. The Labute approximate surface area is 111 Å². The molecule has 0 saturated carbocycles. The lowest BCUT2D eigenvalue weighted by Crippen LogP contribution is -2.05. The highest BCUT2D eigenvalue weighted by Crippen LogP contribution is 2.17. The lowest BCUT2D eigenvalue weighted by atomic mass is 10.0. The first-order valence-electron chi connectivity index (χ1n) is 5.84. The number of hydrogen-bond acceptors (Lipinski definition) is 2. The molecule has 0 radical (unpaired) electrons. The van der Waals surface area contributed by atoms with E-state index in [9.17, 15) is 4.79 Å². The summed E-state index contributed by atoms with van der Waals surface area (Å²) in [5, 5.41) is 4.77. The molecule has 0 aliphatic heterocycles. The van der Waals surface area contributed by atoms with E-state index in [1.54, 1.807) is 23.0 Å². The Morgan fingerprint density at radius 1 is 1.39 bits per heavy atom. The van der Waals surface area contributed by atoms with Gasteiger partial charge in [0.25, 0.3) is 0 Å². The number of carbonyl (C=O) groups excluding carboxylic acids is 1. The maximum atomic E-state index is 12.0. The number of aromatic nitrogens is 2. The first kappa shape index (κ1) is 12.8. The second-order valence-corrected chi connectivity index (χ2v) is 4.74. The van der Waals surface area contributed by atoms with Gasteiger partial charge in [0.2, 0.25) is 0 Å². The molecule has 0 spiro atoms. The minimum Gasteiger partial charge on any atom is -0.294 e. The predicted molar refractivity (Wildman–Crippen MR) is 72.0 cm³/mol. The maximum Gasteiger partial charge on any atom is 0.163 e. The molecule has 2 aromatic rings. The van der Waals surface area contributed by atoms with Crippen LogP contribution in [0.2, 0.25) is 5.02 Å². The molecular weight excluding hydrogens is 248 g/mol. The fraction of sp³-hybridized carbons (Fsp3) is 0.286. The maximum absolute atomic E-state index is 12.0. The highest BCUT2D eigenvalue weighted by atomic mass is 35.5. The van der Waals surface area contributed by atoms with Gasteiger partial charge in [-0.15, -0.1) is 0 Å². The number of rotatable bonds is 4. The molecule has 0 unspecified atom stereocenters. The molecule has 2 rings (SSSR count). The number of aryl methyl sites for hydroxylation is 3. The van der Waals surface area contributed by atoms with Gasteiger partial charge >= 0.3 is 0 Å². The van der Waals surface area contributed by atoms with Crippen molar-refractivity contribution in [1.29, 1.82) is 0 Å². The number of ketones is 1. The zero-order chi connectivity index (χ0) is 13.1. The molecular formula is C14H15ClN2O. The standard InChI is InChI=1S/C14H15ClN2O/c1-10-9-11(3-5-13(10)15)14(18)6-4-12-7-8-16-17(12)2/h3,5,7-9H,4,6H2,1-2H3. The van der Waals surface area contributed by atoms with E-state index < -0.39 is 0 Å². The summed E-state index contributed by atoms with van der Waals surface area (Å²) in [5.74, 6) is 0.135. The summed E-state index contributed by atoms with van der Waals surface area (Å²) >= 11 is 5.94. The number of hydrogen-bond donors (Lipinski definition) is 0. The van der Waals surface area contributed by atoms with E-state index in [0.717, 1.165) is 16.8 Å². The van der Waals surface area contributed by atoms with Crippen molar-refractivity contribution >= 4 is 17.4 Å². The quantitative estimate of drug-likeness (QED) is 0.793. The second-order valence-electron chi connectivity index (χ2n) is 4.33. The van der Waals surface area contributed by atoms with Crippen LogP contribution in [0.25, 0.3) is 0 Å². The van der Waals surface area contributed by atoms with Crippen molar-refractivity contribution in [1.82, 2.24) is 9.78 Å². The van der Waals surface area contributed by atoms with E-state index in [1.807, 2.05) is 26.1 Å². The first-order valence-corrected chi connectivity index (χ1v) is 6.22. The van der Waals surface area contributed by atoms with E-state index in [2.05, 4.69) is 5.10 Å². The molecule has 94 valence electrons. The lowest BCUT2D eigenvalue weighted by Gasteiger charge is -2.04. The molecule has 0 atom stereocenters. The summed E-state index contributed by atoms with van der Waals surface area (Å²) < 4.78 is 1.79. The molecule has 1 heterocycles. The molecule has 4 heteroatoms. The minimum absolute atomic E-state index is 0.135. The average Bonchev–Trinajstić information content (AvgIpc) is 2.75. The van der Waals surface area contributed by atoms with E-state index in [4.69, 9.17) is 11.6 Å². The van der Waals surface area contributed by atoms with Gasteiger partial charge in [0.15, 0.2) is 5.78 Å². The van der Waals surface area contributed by atoms with Crippen LogP contribution in [0.4, 0.5) is 0 Å². The summed E-state index contributed by atoms with van der Waals surface area (Å²) in [7, 11) is 1.88. The van der Waals surface area contributed by atoms with Gasteiger partial charge in [-0.1, -0.05) is 11.6 Å². The van der Waals surface area contributed by atoms with Crippen LogP contribution in [-0.2, 0) is 13.5 Å². The molecule has 0 amide bonds. The minimum atomic E-state index is 0.135. The summed E-state index contributed by atoms with van der Waals surface area (Å²) in [6, 6.07) is 7.32. The Morgan fingerprint density at radius 3 is 2.78 bits per heavy atom. The number of carbonyl (C=O) groups is 1. The van der Waals surface area contributed by atoms with Gasteiger partial charge in [0.05, 0.1) is 0 Å². The zero-order valence-corrected chi connectivity index (χ0v) is 11.2. The van der Waals surface area contributed by atoms with Crippen LogP contribution in [0.1, 0.15) is 28.0 Å². The predicted octanol–water partition coefficient (Wildman–Crippen LogP) is 3.20. The SMILES string of the molecule is Cc1cc(C(=O)CCc2ccnn2C)ccc1Cl. The fourth-order valence-corrected chi connectivity index (χ4v) is 1.97. The normalized spacial score (nSPS) is 10.6.